The van der Waals surface area contributed by atoms with Gasteiger partial charge >= 0.3 is 5.97 Å². The van der Waals surface area contributed by atoms with Crippen molar-refractivity contribution in [2.45, 2.75) is 44.9 Å². The number of nitrogens with one attached hydrogen (secondary N) is 1. The van der Waals surface area contributed by atoms with Gasteiger partial charge in [-0.3, -0.25) is 14.4 Å². The predicted octanol–water partition coefficient (Wildman–Crippen LogP) is 6.26. The van der Waals surface area contributed by atoms with Crippen molar-refractivity contribution in [3.63, 3.8) is 0 Å². The number of carbonyl (C=O) groups is 2. The molecule has 3 aromatic carbocycles. The van der Waals surface area contributed by atoms with Crippen molar-refractivity contribution in [3.8, 4) is 0 Å². The highest BCUT2D eigenvalue weighted by Gasteiger charge is 2.23. The first-order valence-corrected chi connectivity index (χ1v) is 15.5. The number of aromatic nitrogens is 2. The second-order valence-electron chi connectivity index (χ2n) is 11.5. The number of esters is 1. The van der Waals surface area contributed by atoms with E-state index in [4.69, 9.17) is 14.6 Å². The fraction of sp³-hybridized carbons (Fsp3) is 0.270. The molecule has 0 aliphatic carbocycles. The number of ether oxygens (including phenoxy) is 1. The van der Waals surface area contributed by atoms with Crippen molar-refractivity contribution in [2.24, 2.45) is 0 Å². The van der Waals surface area contributed by atoms with Crippen molar-refractivity contribution in [3.05, 3.63) is 137 Å². The van der Waals surface area contributed by atoms with Gasteiger partial charge in [-0.25, -0.2) is 10.5 Å². The lowest BCUT2D eigenvalue weighted by atomic mass is 9.88. The van der Waals surface area contributed by atoms with Crippen LogP contribution in [0.2, 0.25) is 0 Å². The Morgan fingerprint density at radius 3 is 2.20 bits per heavy atom. The van der Waals surface area contributed by atoms with E-state index in [-0.39, 0.29) is 11.9 Å². The zero-order valence-corrected chi connectivity index (χ0v) is 25.3. The number of fused-ring (bicyclic) bond motifs is 1. The van der Waals surface area contributed by atoms with Crippen molar-refractivity contribution >= 4 is 22.9 Å². The van der Waals surface area contributed by atoms with Crippen LogP contribution < -0.4 is 5.48 Å². The van der Waals surface area contributed by atoms with Crippen LogP contribution in [0.5, 0.6) is 0 Å². The first-order chi connectivity index (χ1) is 22.1. The highest BCUT2D eigenvalue weighted by molar-refractivity contribution is 5.93. The quantitative estimate of drug-likeness (QED) is 0.134. The Morgan fingerprint density at radius 2 is 1.49 bits per heavy atom. The molecule has 8 nitrogen and oxygen atoms in total. The molecule has 1 fully saturated rings. The number of nitrogens with zero attached hydrogens (tertiary/aromatic N) is 3. The Labute approximate surface area is 263 Å². The van der Waals surface area contributed by atoms with Gasteiger partial charge in [-0.2, -0.15) is 0 Å². The maximum Gasteiger partial charge on any atom is 0.307 e. The largest absolute Gasteiger partial charge is 0.461 e. The molecule has 2 aromatic heterocycles. The Kier molecular flexibility index (Phi) is 9.94. The smallest absolute Gasteiger partial charge is 0.307 e. The summed E-state index contributed by atoms with van der Waals surface area (Å²) in [4.78, 5) is 37.2. The third-order valence-electron chi connectivity index (χ3n) is 8.41. The maximum absolute atomic E-state index is 12.5. The van der Waals surface area contributed by atoms with Gasteiger partial charge in [0.1, 0.15) is 12.3 Å². The molecule has 1 saturated heterocycles. The topological polar surface area (TPSA) is 85.7 Å². The number of piperidine rings is 1. The van der Waals surface area contributed by atoms with Crippen LogP contribution in [0.15, 0.2) is 109 Å². The molecule has 1 N–H and O–H groups in total. The molecule has 8 heteroatoms. The molecule has 1 aliphatic heterocycles. The minimum absolute atomic E-state index is 0.149. The summed E-state index contributed by atoms with van der Waals surface area (Å²) in [5, 5.41) is 1.19. The monoisotopic (exact) mass is 602 g/mol. The molecule has 0 spiro atoms. The number of pyridine rings is 1. The number of hydroxylamine groups is 1. The molecular formula is C37H38N4O4. The molecular weight excluding hydrogens is 564 g/mol. The van der Waals surface area contributed by atoms with Gasteiger partial charge in [0.25, 0.3) is 5.91 Å². The average Bonchev–Trinajstić information content (AvgIpc) is 3.50. The second-order valence-corrected chi connectivity index (χ2v) is 11.5. The predicted molar refractivity (Wildman–Crippen MR) is 173 cm³/mol. The molecule has 5 aromatic rings. The van der Waals surface area contributed by atoms with E-state index < -0.39 is 0 Å². The van der Waals surface area contributed by atoms with E-state index in [2.05, 4.69) is 33.3 Å². The normalized spacial score (nSPS) is 14.0. The minimum Gasteiger partial charge on any atom is -0.461 e. The molecule has 0 unspecified atom stereocenters. The molecule has 1 amide bonds. The third kappa shape index (κ3) is 8.03. The number of rotatable bonds is 12. The van der Waals surface area contributed by atoms with Gasteiger partial charge in [0.05, 0.1) is 13.0 Å². The van der Waals surface area contributed by atoms with Gasteiger partial charge < -0.3 is 14.2 Å². The van der Waals surface area contributed by atoms with Crippen LogP contribution in [0.1, 0.15) is 57.8 Å². The summed E-state index contributed by atoms with van der Waals surface area (Å²) >= 11 is 0. The molecule has 3 heterocycles. The van der Waals surface area contributed by atoms with Crippen LogP contribution in [0.4, 0.5) is 0 Å². The van der Waals surface area contributed by atoms with Crippen LogP contribution >= 0.6 is 0 Å². The average molecular weight is 603 g/mol. The maximum atomic E-state index is 12.5. The molecule has 0 bridgehead atoms. The molecule has 45 heavy (non-hydrogen) atoms. The van der Waals surface area contributed by atoms with Crippen molar-refractivity contribution in [2.75, 3.05) is 19.6 Å². The van der Waals surface area contributed by atoms with Gasteiger partial charge in [0, 0.05) is 36.4 Å². The summed E-state index contributed by atoms with van der Waals surface area (Å²) in [6.07, 6.45) is 6.50. The van der Waals surface area contributed by atoms with E-state index in [1.807, 2.05) is 91.1 Å². The molecule has 0 saturated carbocycles. The summed E-state index contributed by atoms with van der Waals surface area (Å²) in [6.45, 7) is 3.93. The summed E-state index contributed by atoms with van der Waals surface area (Å²) in [5.41, 5.74) is 8.44. The van der Waals surface area contributed by atoms with Crippen LogP contribution in [0.3, 0.4) is 0 Å². The number of likely N-dealkylation sites (tertiary alicyclic amines) is 1. The van der Waals surface area contributed by atoms with Crippen molar-refractivity contribution in [1.29, 1.82) is 0 Å². The zero-order valence-electron chi connectivity index (χ0n) is 25.3. The van der Waals surface area contributed by atoms with E-state index >= 15 is 0 Å². The summed E-state index contributed by atoms with van der Waals surface area (Å²) in [7, 11) is 0. The van der Waals surface area contributed by atoms with Crippen LogP contribution in [0, 0.1) is 0 Å². The lowest BCUT2D eigenvalue weighted by Gasteiger charge is -2.32. The lowest BCUT2D eigenvalue weighted by molar-refractivity contribution is -0.145. The van der Waals surface area contributed by atoms with Gasteiger partial charge in [0.15, 0.2) is 0 Å². The SMILES string of the molecule is O=C(CCN1CCC(c2ccnc3c2ccn3Cc2ccc(C(=O)NOCc3ccccc3)cc2)CC1)OCc1ccccc1. The fourth-order valence-electron chi connectivity index (χ4n) is 5.90. The number of carbonyl (C=O) groups excluding carboxylic acids is 2. The number of hydrogen-bond acceptors (Lipinski definition) is 6. The summed E-state index contributed by atoms with van der Waals surface area (Å²) in [5.74, 6) is 0.0303. The molecule has 0 radical (unpaired) electrons. The summed E-state index contributed by atoms with van der Waals surface area (Å²) in [6, 6.07) is 31.4. The fourth-order valence-corrected chi connectivity index (χ4v) is 5.90. The highest BCUT2D eigenvalue weighted by Crippen LogP contribution is 2.33. The first kappa shape index (κ1) is 30.2. The van der Waals surface area contributed by atoms with Crippen molar-refractivity contribution in [1.82, 2.24) is 19.9 Å². The second kappa shape index (κ2) is 14.8. The Balaban J connectivity index is 0.987. The highest BCUT2D eigenvalue weighted by atomic mass is 16.6. The van der Waals surface area contributed by atoms with E-state index in [1.165, 1.54) is 10.9 Å². The van der Waals surface area contributed by atoms with Gasteiger partial charge in [0.2, 0.25) is 0 Å². The molecule has 0 atom stereocenters. The van der Waals surface area contributed by atoms with Crippen LogP contribution in [0.25, 0.3) is 11.0 Å². The number of hydrogen-bond donors (Lipinski definition) is 1. The van der Waals surface area contributed by atoms with Crippen LogP contribution in [-0.4, -0.2) is 46.0 Å². The van der Waals surface area contributed by atoms with E-state index in [0.717, 1.165) is 54.8 Å². The van der Waals surface area contributed by atoms with Gasteiger partial charge in [-0.15, -0.1) is 0 Å². The van der Waals surface area contributed by atoms with E-state index in [1.54, 1.807) is 0 Å². The van der Waals surface area contributed by atoms with Gasteiger partial charge in [-0.1, -0.05) is 72.8 Å². The Bertz CT molecular complexity index is 1700. The Hall–Kier alpha value is -4.79. The minimum atomic E-state index is -0.274. The number of amides is 1. The lowest BCUT2D eigenvalue weighted by Crippen LogP contribution is -2.34. The number of benzene rings is 3. The Morgan fingerprint density at radius 1 is 0.800 bits per heavy atom. The van der Waals surface area contributed by atoms with Gasteiger partial charge in [-0.05, 0) is 78.4 Å². The molecule has 6 rings (SSSR count). The van der Waals surface area contributed by atoms with E-state index in [9.17, 15) is 9.59 Å². The zero-order chi connectivity index (χ0) is 30.8. The summed E-state index contributed by atoms with van der Waals surface area (Å²) < 4.78 is 7.61. The van der Waals surface area contributed by atoms with Crippen molar-refractivity contribution < 1.29 is 19.2 Å². The standard InChI is InChI=1S/C37H38N4O4/c42-35(44-26-29-7-3-1-4-8-29)19-23-40-21-16-31(17-22-40)33-15-20-38-36-34(33)18-24-41(36)25-28-11-13-32(14-12-28)37(43)39-45-27-30-9-5-2-6-10-30/h1-15,18,20,24,31H,16-17,19,21-23,25-27H2,(H,39,43). The molecule has 230 valence electrons. The third-order valence-corrected chi connectivity index (χ3v) is 8.41. The molecule has 1 aliphatic rings. The van der Waals surface area contributed by atoms with E-state index in [0.29, 0.717) is 37.7 Å². The first-order valence-electron chi connectivity index (χ1n) is 15.5. The van der Waals surface area contributed by atoms with Crippen LogP contribution in [-0.2, 0) is 34.1 Å².